The lowest BCUT2D eigenvalue weighted by atomic mass is 10.1. The van der Waals surface area contributed by atoms with Crippen molar-refractivity contribution < 1.29 is 29.8 Å². The van der Waals surface area contributed by atoms with Gasteiger partial charge in [-0.3, -0.25) is 10.0 Å². The predicted octanol–water partition coefficient (Wildman–Crippen LogP) is -0.926. The van der Waals surface area contributed by atoms with Gasteiger partial charge in [0.2, 0.25) is 0 Å². The highest BCUT2D eigenvalue weighted by molar-refractivity contribution is 5.81. The molecule has 0 aromatic rings. The first-order valence-electron chi connectivity index (χ1n) is 3.58. The molecule has 0 aromatic heterocycles. The summed E-state index contributed by atoms with van der Waals surface area (Å²) in [6.45, 7) is 0. The zero-order valence-electron chi connectivity index (χ0n) is 7.08. The van der Waals surface area contributed by atoms with Gasteiger partial charge >= 0.3 is 18.0 Å². The molecule has 8 nitrogen and oxygen atoms in total. The summed E-state index contributed by atoms with van der Waals surface area (Å²) in [6.07, 6.45) is -0.897. The number of carbonyl (C=O) groups is 3. The summed E-state index contributed by atoms with van der Waals surface area (Å²) in [4.78, 5) is 30.9. The molecule has 0 spiro atoms. The van der Waals surface area contributed by atoms with Crippen molar-refractivity contribution in [1.82, 2.24) is 5.06 Å². The molecule has 0 aliphatic carbocycles. The molecule has 1 atom stereocenters. The van der Waals surface area contributed by atoms with Crippen molar-refractivity contribution in [1.29, 1.82) is 0 Å². The quantitative estimate of drug-likeness (QED) is 0.338. The van der Waals surface area contributed by atoms with Crippen LogP contribution in [0.3, 0.4) is 0 Å². The number of nitrogens with two attached hydrogens (primary N) is 1. The van der Waals surface area contributed by atoms with Crippen molar-refractivity contribution in [3.8, 4) is 0 Å². The third-order valence-electron chi connectivity index (χ3n) is 1.44. The topological polar surface area (TPSA) is 141 Å². The first-order chi connectivity index (χ1) is 6.36. The molecule has 0 fully saturated rings. The van der Waals surface area contributed by atoms with Crippen LogP contribution in [0.25, 0.3) is 0 Å². The SMILES string of the molecule is NC(=O)N(O)[C@@H](CCC(=O)O)C(=O)O. The second kappa shape index (κ2) is 5.02. The summed E-state index contributed by atoms with van der Waals surface area (Å²) in [5.41, 5.74) is 4.61. The largest absolute Gasteiger partial charge is 0.481 e. The first kappa shape index (κ1) is 12.2. The summed E-state index contributed by atoms with van der Waals surface area (Å²) in [5.74, 6) is -2.75. The number of primary amides is 1. The third-order valence-corrected chi connectivity index (χ3v) is 1.44. The fourth-order valence-electron chi connectivity index (χ4n) is 0.764. The standard InChI is InChI=1S/C6H10N2O6/c7-6(13)8(14)3(5(11)12)1-2-4(9)10/h3,14H,1-2H2,(H2,7,13)(H,9,10)(H,11,12)/t3-/m0/s1. The molecule has 5 N–H and O–H groups in total. The molecule has 0 aromatic carbocycles. The van der Waals surface area contributed by atoms with Gasteiger partial charge in [0.15, 0.2) is 6.04 Å². The van der Waals surface area contributed by atoms with Crippen LogP contribution in [-0.2, 0) is 9.59 Å². The minimum Gasteiger partial charge on any atom is -0.481 e. The fourth-order valence-corrected chi connectivity index (χ4v) is 0.764. The molecule has 0 bridgehead atoms. The van der Waals surface area contributed by atoms with Gasteiger partial charge < -0.3 is 15.9 Å². The van der Waals surface area contributed by atoms with Crippen LogP contribution in [0.5, 0.6) is 0 Å². The van der Waals surface area contributed by atoms with E-state index in [2.05, 4.69) is 5.73 Å². The lowest BCUT2D eigenvalue weighted by Gasteiger charge is -2.19. The lowest BCUT2D eigenvalue weighted by molar-refractivity contribution is -0.157. The molecular weight excluding hydrogens is 196 g/mol. The Bertz CT molecular complexity index is 253. The Morgan fingerprint density at radius 3 is 2.07 bits per heavy atom. The number of rotatable bonds is 5. The van der Waals surface area contributed by atoms with Crippen molar-refractivity contribution in [3.05, 3.63) is 0 Å². The second-order valence-electron chi connectivity index (χ2n) is 2.47. The van der Waals surface area contributed by atoms with Crippen LogP contribution in [0.2, 0.25) is 0 Å². The van der Waals surface area contributed by atoms with Crippen LogP contribution in [0.1, 0.15) is 12.8 Å². The van der Waals surface area contributed by atoms with E-state index in [1.165, 1.54) is 0 Å². The van der Waals surface area contributed by atoms with E-state index in [1.54, 1.807) is 0 Å². The Balaban J connectivity index is 4.37. The fraction of sp³-hybridized carbons (Fsp3) is 0.500. The Morgan fingerprint density at radius 2 is 1.79 bits per heavy atom. The van der Waals surface area contributed by atoms with Gasteiger partial charge in [-0.15, -0.1) is 0 Å². The number of urea groups is 1. The zero-order chi connectivity index (χ0) is 11.3. The van der Waals surface area contributed by atoms with Gasteiger partial charge in [0, 0.05) is 6.42 Å². The number of hydrogen-bond donors (Lipinski definition) is 4. The van der Waals surface area contributed by atoms with Crippen molar-refractivity contribution in [2.45, 2.75) is 18.9 Å². The van der Waals surface area contributed by atoms with Gasteiger partial charge in [0.25, 0.3) is 0 Å². The van der Waals surface area contributed by atoms with Crippen LogP contribution in [0, 0.1) is 0 Å². The molecule has 0 aliphatic heterocycles. The molecule has 0 saturated heterocycles. The van der Waals surface area contributed by atoms with Crippen LogP contribution in [0.4, 0.5) is 4.79 Å². The van der Waals surface area contributed by atoms with E-state index in [9.17, 15) is 14.4 Å². The molecule has 0 radical (unpaired) electrons. The summed E-state index contributed by atoms with van der Waals surface area (Å²) >= 11 is 0. The highest BCUT2D eigenvalue weighted by atomic mass is 16.5. The number of amides is 2. The van der Waals surface area contributed by atoms with E-state index >= 15 is 0 Å². The van der Waals surface area contributed by atoms with E-state index in [1.807, 2.05) is 0 Å². The molecule has 8 heteroatoms. The highest BCUT2D eigenvalue weighted by Gasteiger charge is 2.27. The van der Waals surface area contributed by atoms with Gasteiger partial charge in [-0.1, -0.05) is 0 Å². The molecule has 0 rings (SSSR count). The lowest BCUT2D eigenvalue weighted by Crippen LogP contribution is -2.45. The van der Waals surface area contributed by atoms with E-state index in [-0.39, 0.29) is 5.06 Å². The predicted molar refractivity (Wildman–Crippen MR) is 41.5 cm³/mol. The molecule has 2 amide bonds. The molecule has 0 saturated carbocycles. The minimum absolute atomic E-state index is 0.203. The Kier molecular flexibility index (Phi) is 4.36. The number of carboxylic acid groups (broad SMARTS) is 2. The molecule has 80 valence electrons. The van der Waals surface area contributed by atoms with Gasteiger partial charge in [0.1, 0.15) is 0 Å². The zero-order valence-corrected chi connectivity index (χ0v) is 7.08. The molecule has 0 heterocycles. The van der Waals surface area contributed by atoms with E-state index < -0.39 is 36.9 Å². The van der Waals surface area contributed by atoms with Crippen molar-refractivity contribution >= 4 is 18.0 Å². The van der Waals surface area contributed by atoms with Gasteiger partial charge in [-0.2, -0.15) is 5.06 Å². The van der Waals surface area contributed by atoms with Crippen LogP contribution in [-0.4, -0.2) is 44.5 Å². The second-order valence-corrected chi connectivity index (χ2v) is 2.47. The van der Waals surface area contributed by atoms with E-state index in [4.69, 9.17) is 15.4 Å². The number of aliphatic carboxylic acids is 2. The maximum absolute atomic E-state index is 10.5. The maximum atomic E-state index is 10.5. The summed E-state index contributed by atoms with van der Waals surface area (Å²) in [5, 5.41) is 25.4. The van der Waals surface area contributed by atoms with Gasteiger partial charge in [-0.25, -0.2) is 9.59 Å². The molecule has 14 heavy (non-hydrogen) atoms. The first-order valence-corrected chi connectivity index (χ1v) is 3.58. The summed E-state index contributed by atoms with van der Waals surface area (Å²) in [7, 11) is 0. The Labute approximate surface area is 78.5 Å². The monoisotopic (exact) mass is 206 g/mol. The van der Waals surface area contributed by atoms with Crippen LogP contribution >= 0.6 is 0 Å². The smallest absolute Gasteiger partial charge is 0.339 e. The van der Waals surface area contributed by atoms with Crippen molar-refractivity contribution in [3.63, 3.8) is 0 Å². The van der Waals surface area contributed by atoms with E-state index in [0.29, 0.717) is 0 Å². The van der Waals surface area contributed by atoms with Crippen molar-refractivity contribution in [2.75, 3.05) is 0 Å². The van der Waals surface area contributed by atoms with Gasteiger partial charge in [0.05, 0.1) is 0 Å². The number of nitrogens with zero attached hydrogens (tertiary/aromatic N) is 1. The summed E-state index contributed by atoms with van der Waals surface area (Å²) < 4.78 is 0. The number of carbonyl (C=O) groups excluding carboxylic acids is 1. The average molecular weight is 206 g/mol. The Morgan fingerprint density at radius 1 is 1.29 bits per heavy atom. The van der Waals surface area contributed by atoms with E-state index in [0.717, 1.165) is 0 Å². The number of hydrogen-bond acceptors (Lipinski definition) is 4. The average Bonchev–Trinajstić information content (AvgIpc) is 2.02. The normalized spacial score (nSPS) is 11.8. The molecular formula is C6H10N2O6. The third kappa shape index (κ3) is 3.72. The molecule has 0 aliphatic rings. The Hall–Kier alpha value is -1.83. The van der Waals surface area contributed by atoms with Gasteiger partial charge in [-0.05, 0) is 6.42 Å². The minimum atomic E-state index is -1.64. The number of hydroxylamine groups is 2. The number of carboxylic acids is 2. The highest BCUT2D eigenvalue weighted by Crippen LogP contribution is 2.05. The van der Waals surface area contributed by atoms with Crippen molar-refractivity contribution in [2.24, 2.45) is 5.73 Å². The maximum Gasteiger partial charge on any atom is 0.339 e. The van der Waals surface area contributed by atoms with Crippen LogP contribution in [0.15, 0.2) is 0 Å². The molecule has 0 unspecified atom stereocenters. The van der Waals surface area contributed by atoms with Crippen LogP contribution < -0.4 is 5.73 Å². The summed E-state index contributed by atoms with van der Waals surface area (Å²) in [6, 6.07) is -2.98.